The lowest BCUT2D eigenvalue weighted by Crippen LogP contribution is -2.30. The van der Waals surface area contributed by atoms with E-state index in [1.807, 2.05) is 44.4 Å². The fraction of sp³-hybridized carbons (Fsp3) is 0.375. The Morgan fingerprint density at radius 2 is 2.00 bits per heavy atom. The number of amidine groups is 1. The highest BCUT2D eigenvalue weighted by atomic mass is 15.1. The Morgan fingerprint density at radius 1 is 1.30 bits per heavy atom. The van der Waals surface area contributed by atoms with Crippen LogP contribution in [0.2, 0.25) is 0 Å². The molecule has 1 aromatic carbocycles. The monoisotopic (exact) mass is 270 g/mol. The summed E-state index contributed by atoms with van der Waals surface area (Å²) >= 11 is 0. The van der Waals surface area contributed by atoms with Crippen molar-refractivity contribution >= 4 is 5.84 Å². The molecular weight excluding hydrogens is 248 g/mol. The van der Waals surface area contributed by atoms with E-state index in [0.29, 0.717) is 0 Å². The average molecular weight is 270 g/mol. The van der Waals surface area contributed by atoms with Gasteiger partial charge in [-0.2, -0.15) is 0 Å². The SMILES string of the molecule is CC(C)(CCCn1ccnc1-c1ccccc1)C(=N)N. The van der Waals surface area contributed by atoms with Crippen LogP contribution in [0.3, 0.4) is 0 Å². The summed E-state index contributed by atoms with van der Waals surface area (Å²) in [6.45, 7) is 4.92. The zero-order valence-electron chi connectivity index (χ0n) is 12.1. The number of nitrogens with two attached hydrogens (primary N) is 1. The van der Waals surface area contributed by atoms with Crippen molar-refractivity contribution in [3.63, 3.8) is 0 Å². The van der Waals surface area contributed by atoms with E-state index in [9.17, 15) is 0 Å². The van der Waals surface area contributed by atoms with Gasteiger partial charge in [0.25, 0.3) is 0 Å². The van der Waals surface area contributed by atoms with Crippen LogP contribution in [-0.2, 0) is 6.54 Å². The van der Waals surface area contributed by atoms with Crippen LogP contribution >= 0.6 is 0 Å². The van der Waals surface area contributed by atoms with Gasteiger partial charge in [-0.15, -0.1) is 0 Å². The van der Waals surface area contributed by atoms with Gasteiger partial charge in [0, 0.05) is 29.9 Å². The maximum Gasteiger partial charge on any atom is 0.139 e. The number of imidazole rings is 1. The van der Waals surface area contributed by atoms with Gasteiger partial charge in [-0.1, -0.05) is 44.2 Å². The zero-order chi connectivity index (χ0) is 14.6. The fourth-order valence-corrected chi connectivity index (χ4v) is 2.16. The van der Waals surface area contributed by atoms with Crippen molar-refractivity contribution in [3.05, 3.63) is 42.7 Å². The largest absolute Gasteiger partial charge is 0.387 e. The van der Waals surface area contributed by atoms with Crippen LogP contribution in [0.5, 0.6) is 0 Å². The second kappa shape index (κ2) is 5.90. The summed E-state index contributed by atoms with van der Waals surface area (Å²) in [6.07, 6.45) is 5.71. The number of aromatic nitrogens is 2. The maximum absolute atomic E-state index is 7.59. The topological polar surface area (TPSA) is 67.7 Å². The predicted molar refractivity (Wildman–Crippen MR) is 82.6 cm³/mol. The van der Waals surface area contributed by atoms with Crippen molar-refractivity contribution in [2.75, 3.05) is 0 Å². The van der Waals surface area contributed by atoms with E-state index in [1.54, 1.807) is 0 Å². The van der Waals surface area contributed by atoms with E-state index >= 15 is 0 Å². The van der Waals surface area contributed by atoms with E-state index in [2.05, 4.69) is 21.7 Å². The summed E-state index contributed by atoms with van der Waals surface area (Å²) in [5.74, 6) is 1.25. The average Bonchev–Trinajstić information content (AvgIpc) is 2.88. The summed E-state index contributed by atoms with van der Waals surface area (Å²) in [7, 11) is 0. The molecule has 2 rings (SSSR count). The molecule has 4 nitrogen and oxygen atoms in total. The third-order valence-corrected chi connectivity index (χ3v) is 3.68. The molecule has 0 aliphatic heterocycles. The number of aryl methyl sites for hydroxylation is 1. The molecular formula is C16H22N4. The molecule has 0 aliphatic rings. The van der Waals surface area contributed by atoms with E-state index < -0.39 is 0 Å². The smallest absolute Gasteiger partial charge is 0.139 e. The third kappa shape index (κ3) is 3.26. The summed E-state index contributed by atoms with van der Waals surface area (Å²) < 4.78 is 2.16. The quantitative estimate of drug-likeness (QED) is 0.624. The Hall–Kier alpha value is -2.10. The molecule has 0 spiro atoms. The van der Waals surface area contributed by atoms with Crippen LogP contribution < -0.4 is 5.73 Å². The van der Waals surface area contributed by atoms with Gasteiger partial charge in [-0.25, -0.2) is 4.98 Å². The van der Waals surface area contributed by atoms with Crippen molar-refractivity contribution in [1.29, 1.82) is 5.41 Å². The first kappa shape index (κ1) is 14.3. The van der Waals surface area contributed by atoms with Crippen LogP contribution in [0.1, 0.15) is 26.7 Å². The number of nitrogens with one attached hydrogen (secondary N) is 1. The van der Waals surface area contributed by atoms with E-state index in [4.69, 9.17) is 11.1 Å². The lowest BCUT2D eigenvalue weighted by Gasteiger charge is -2.22. The number of hydrogen-bond acceptors (Lipinski definition) is 2. The molecule has 1 heterocycles. The summed E-state index contributed by atoms with van der Waals surface area (Å²) in [5, 5.41) is 7.59. The van der Waals surface area contributed by atoms with Crippen LogP contribution in [0.15, 0.2) is 42.7 Å². The molecule has 0 unspecified atom stereocenters. The summed E-state index contributed by atoms with van der Waals surface area (Å²) in [6, 6.07) is 10.2. The van der Waals surface area contributed by atoms with Gasteiger partial charge in [-0.05, 0) is 12.8 Å². The van der Waals surface area contributed by atoms with Crippen LogP contribution in [0.4, 0.5) is 0 Å². The number of hydrogen-bond donors (Lipinski definition) is 2. The predicted octanol–water partition coefficient (Wildman–Crippen LogP) is 3.29. The number of rotatable bonds is 6. The van der Waals surface area contributed by atoms with Gasteiger partial charge < -0.3 is 10.3 Å². The third-order valence-electron chi connectivity index (χ3n) is 3.68. The molecule has 0 fully saturated rings. The van der Waals surface area contributed by atoms with Gasteiger partial charge in [0.05, 0.1) is 5.84 Å². The van der Waals surface area contributed by atoms with Crippen molar-refractivity contribution in [2.45, 2.75) is 33.2 Å². The Labute approximate surface area is 120 Å². The second-order valence-electron chi connectivity index (χ2n) is 5.71. The lowest BCUT2D eigenvalue weighted by atomic mass is 9.86. The molecule has 0 aliphatic carbocycles. The molecule has 4 heteroatoms. The maximum atomic E-state index is 7.59. The Morgan fingerprint density at radius 3 is 2.65 bits per heavy atom. The first-order chi connectivity index (χ1) is 9.50. The molecule has 3 N–H and O–H groups in total. The van der Waals surface area contributed by atoms with E-state index in [-0.39, 0.29) is 11.3 Å². The Balaban J connectivity index is 2.02. The first-order valence-corrected chi connectivity index (χ1v) is 6.92. The standard InChI is InChI=1S/C16H22N4/c1-16(2,15(17)18)9-6-11-20-12-10-19-14(20)13-7-4-3-5-8-13/h3-5,7-8,10,12H,6,9,11H2,1-2H3,(H3,17,18). The van der Waals surface area contributed by atoms with Crippen LogP contribution in [0, 0.1) is 10.8 Å². The molecule has 0 saturated heterocycles. The highest BCUT2D eigenvalue weighted by Crippen LogP contribution is 2.23. The minimum atomic E-state index is -0.229. The molecule has 2 aromatic rings. The van der Waals surface area contributed by atoms with E-state index in [1.165, 1.54) is 0 Å². The van der Waals surface area contributed by atoms with Crippen LogP contribution in [0.25, 0.3) is 11.4 Å². The molecule has 0 saturated carbocycles. The highest BCUT2D eigenvalue weighted by molar-refractivity contribution is 5.82. The minimum Gasteiger partial charge on any atom is -0.387 e. The van der Waals surface area contributed by atoms with Gasteiger partial charge in [0.1, 0.15) is 5.82 Å². The van der Waals surface area contributed by atoms with Crippen molar-refractivity contribution in [3.8, 4) is 11.4 Å². The van der Waals surface area contributed by atoms with Gasteiger partial charge in [0.2, 0.25) is 0 Å². The minimum absolute atomic E-state index is 0.229. The highest BCUT2D eigenvalue weighted by Gasteiger charge is 2.20. The molecule has 0 bridgehead atoms. The van der Waals surface area contributed by atoms with Gasteiger partial charge in [-0.3, -0.25) is 5.41 Å². The summed E-state index contributed by atoms with van der Waals surface area (Å²) in [4.78, 5) is 4.43. The summed E-state index contributed by atoms with van der Waals surface area (Å²) in [5.41, 5.74) is 6.51. The van der Waals surface area contributed by atoms with Crippen molar-refractivity contribution in [1.82, 2.24) is 9.55 Å². The molecule has 1 aromatic heterocycles. The normalized spacial score (nSPS) is 11.5. The molecule has 0 amide bonds. The van der Waals surface area contributed by atoms with Crippen molar-refractivity contribution in [2.24, 2.45) is 11.1 Å². The molecule has 0 atom stereocenters. The zero-order valence-corrected chi connectivity index (χ0v) is 12.1. The Bertz CT molecular complexity index is 569. The second-order valence-corrected chi connectivity index (χ2v) is 5.71. The van der Waals surface area contributed by atoms with Crippen molar-refractivity contribution < 1.29 is 0 Å². The lowest BCUT2D eigenvalue weighted by molar-refractivity contribution is 0.430. The molecule has 106 valence electrons. The molecule has 0 radical (unpaired) electrons. The van der Waals surface area contributed by atoms with Crippen LogP contribution in [-0.4, -0.2) is 15.4 Å². The molecule has 20 heavy (non-hydrogen) atoms. The van der Waals surface area contributed by atoms with Gasteiger partial charge >= 0.3 is 0 Å². The number of nitrogens with zero attached hydrogens (tertiary/aromatic N) is 2. The first-order valence-electron chi connectivity index (χ1n) is 6.92. The van der Waals surface area contributed by atoms with E-state index in [0.717, 1.165) is 30.8 Å². The van der Waals surface area contributed by atoms with Gasteiger partial charge in [0.15, 0.2) is 0 Å². The Kier molecular flexibility index (Phi) is 4.23. The number of benzene rings is 1. The fourth-order valence-electron chi connectivity index (χ4n) is 2.16.